The van der Waals surface area contributed by atoms with Gasteiger partial charge in [0.2, 0.25) is 5.91 Å². The molecule has 1 spiro atoms. The van der Waals surface area contributed by atoms with Gasteiger partial charge in [0, 0.05) is 26.2 Å². The molecule has 23 heavy (non-hydrogen) atoms. The maximum absolute atomic E-state index is 12.8. The molecule has 0 saturated carbocycles. The van der Waals surface area contributed by atoms with Crippen LogP contribution < -0.4 is 0 Å². The van der Waals surface area contributed by atoms with Gasteiger partial charge in [-0.05, 0) is 32.0 Å². The minimum Gasteiger partial charge on any atom is -0.459 e. The maximum atomic E-state index is 12.8. The van der Waals surface area contributed by atoms with Gasteiger partial charge in [-0.3, -0.25) is 14.5 Å². The second-order valence-electron chi connectivity index (χ2n) is 6.11. The van der Waals surface area contributed by atoms with E-state index in [9.17, 15) is 9.59 Å². The summed E-state index contributed by atoms with van der Waals surface area (Å²) < 4.78 is 5.16. The molecule has 0 aliphatic carbocycles. The van der Waals surface area contributed by atoms with Gasteiger partial charge >= 0.3 is 0 Å². The Balaban J connectivity index is 1.72. The van der Waals surface area contributed by atoms with Crippen LogP contribution in [0.5, 0.6) is 0 Å². The summed E-state index contributed by atoms with van der Waals surface area (Å²) in [7, 11) is 1.95. The van der Waals surface area contributed by atoms with Crippen molar-refractivity contribution in [2.75, 3.05) is 39.8 Å². The lowest BCUT2D eigenvalue weighted by Crippen LogP contribution is -2.68. The number of nitriles is 1. The molecule has 2 aliphatic rings. The molecule has 3 heterocycles. The Labute approximate surface area is 135 Å². The summed E-state index contributed by atoms with van der Waals surface area (Å²) in [6.07, 6.45) is 2.64. The zero-order valence-corrected chi connectivity index (χ0v) is 13.2. The second-order valence-corrected chi connectivity index (χ2v) is 6.11. The summed E-state index contributed by atoms with van der Waals surface area (Å²) >= 11 is 0. The molecule has 2 fully saturated rings. The van der Waals surface area contributed by atoms with E-state index in [2.05, 4.69) is 11.0 Å². The standard InChI is InChI=1S/C16H20N4O3/c1-18-10-11-20(9-6-17)15(22)16(18)4-7-19(8-5-16)14(21)13-3-2-12-23-13/h2-3,12H,4-5,7-11H2,1H3. The Morgan fingerprint density at radius 1 is 1.35 bits per heavy atom. The molecule has 0 atom stereocenters. The quantitative estimate of drug-likeness (QED) is 0.744. The van der Waals surface area contributed by atoms with Gasteiger partial charge < -0.3 is 14.2 Å². The number of piperazine rings is 1. The van der Waals surface area contributed by atoms with Gasteiger partial charge in [-0.15, -0.1) is 0 Å². The van der Waals surface area contributed by atoms with Gasteiger partial charge in [0.05, 0.1) is 12.3 Å². The average molecular weight is 316 g/mol. The van der Waals surface area contributed by atoms with Crippen LogP contribution in [0, 0.1) is 11.3 Å². The number of likely N-dealkylation sites (N-methyl/N-ethyl adjacent to an activating group) is 1. The topological polar surface area (TPSA) is 80.8 Å². The van der Waals surface area contributed by atoms with Crippen molar-refractivity contribution in [1.82, 2.24) is 14.7 Å². The normalized spacial score (nSPS) is 21.5. The molecule has 122 valence electrons. The summed E-state index contributed by atoms with van der Waals surface area (Å²) in [5.41, 5.74) is -0.588. The SMILES string of the molecule is CN1CCN(CC#N)C(=O)C12CCN(C(=O)c1ccco1)CC2. The molecule has 2 amide bonds. The van der Waals surface area contributed by atoms with Crippen LogP contribution in [0.15, 0.2) is 22.8 Å². The summed E-state index contributed by atoms with van der Waals surface area (Å²) in [5.74, 6) is 0.206. The Morgan fingerprint density at radius 3 is 2.70 bits per heavy atom. The van der Waals surface area contributed by atoms with Crippen LogP contribution in [0.1, 0.15) is 23.4 Å². The van der Waals surface area contributed by atoms with Crippen LogP contribution in [-0.2, 0) is 4.79 Å². The smallest absolute Gasteiger partial charge is 0.289 e. The van der Waals surface area contributed by atoms with Crippen molar-refractivity contribution in [1.29, 1.82) is 5.26 Å². The number of piperidine rings is 1. The third-order valence-electron chi connectivity index (χ3n) is 4.99. The Hall–Kier alpha value is -2.33. The largest absolute Gasteiger partial charge is 0.459 e. The molecule has 1 aromatic rings. The predicted molar refractivity (Wildman–Crippen MR) is 81.4 cm³/mol. The molecule has 3 rings (SSSR count). The number of amides is 2. The van der Waals surface area contributed by atoms with E-state index in [1.54, 1.807) is 21.9 Å². The van der Waals surface area contributed by atoms with Crippen LogP contribution in [-0.4, -0.2) is 71.8 Å². The Morgan fingerprint density at radius 2 is 2.09 bits per heavy atom. The monoisotopic (exact) mass is 316 g/mol. The van der Waals surface area contributed by atoms with Crippen molar-refractivity contribution in [2.24, 2.45) is 0 Å². The van der Waals surface area contributed by atoms with E-state index in [1.165, 1.54) is 6.26 Å². The molecule has 2 aliphatic heterocycles. The van der Waals surface area contributed by atoms with E-state index in [0.717, 1.165) is 6.54 Å². The summed E-state index contributed by atoms with van der Waals surface area (Å²) in [4.78, 5) is 30.6. The van der Waals surface area contributed by atoms with Crippen molar-refractivity contribution < 1.29 is 14.0 Å². The van der Waals surface area contributed by atoms with Crippen molar-refractivity contribution in [3.8, 4) is 6.07 Å². The lowest BCUT2D eigenvalue weighted by Gasteiger charge is -2.51. The fourth-order valence-electron chi connectivity index (χ4n) is 3.51. The van der Waals surface area contributed by atoms with Gasteiger partial charge in [0.15, 0.2) is 5.76 Å². The summed E-state index contributed by atoms with van der Waals surface area (Å²) in [5, 5.41) is 8.89. The molecule has 7 heteroatoms. The van der Waals surface area contributed by atoms with E-state index < -0.39 is 5.54 Å². The predicted octanol–water partition coefficient (Wildman–Crippen LogP) is 0.552. The fourth-order valence-corrected chi connectivity index (χ4v) is 3.51. The van der Waals surface area contributed by atoms with Crippen molar-refractivity contribution in [3.05, 3.63) is 24.2 Å². The number of likely N-dealkylation sites (tertiary alicyclic amines) is 1. The molecule has 0 aromatic carbocycles. The highest BCUT2D eigenvalue weighted by Crippen LogP contribution is 2.33. The third kappa shape index (κ3) is 2.59. The zero-order chi connectivity index (χ0) is 16.4. The number of hydrogen-bond donors (Lipinski definition) is 0. The number of hydrogen-bond acceptors (Lipinski definition) is 5. The van der Waals surface area contributed by atoms with Crippen LogP contribution in [0.4, 0.5) is 0 Å². The molecular weight excluding hydrogens is 296 g/mol. The molecule has 0 radical (unpaired) electrons. The maximum Gasteiger partial charge on any atom is 0.289 e. The van der Waals surface area contributed by atoms with E-state index in [-0.39, 0.29) is 18.4 Å². The first kappa shape index (κ1) is 15.6. The number of furan rings is 1. The minimum absolute atomic E-state index is 0.0119. The Bertz CT molecular complexity index is 626. The summed E-state index contributed by atoms with van der Waals surface area (Å²) in [6.45, 7) is 2.48. The molecular formula is C16H20N4O3. The molecule has 2 saturated heterocycles. The molecule has 7 nitrogen and oxygen atoms in total. The van der Waals surface area contributed by atoms with Gasteiger partial charge in [-0.25, -0.2) is 0 Å². The van der Waals surface area contributed by atoms with E-state index in [0.29, 0.717) is 38.2 Å². The molecule has 0 bridgehead atoms. The van der Waals surface area contributed by atoms with Crippen LogP contribution in [0.25, 0.3) is 0 Å². The summed E-state index contributed by atoms with van der Waals surface area (Å²) in [6, 6.07) is 5.40. The minimum atomic E-state index is -0.588. The number of rotatable bonds is 2. The fraction of sp³-hybridized carbons (Fsp3) is 0.562. The van der Waals surface area contributed by atoms with Crippen LogP contribution in [0.3, 0.4) is 0 Å². The molecule has 1 aromatic heterocycles. The van der Waals surface area contributed by atoms with Crippen molar-refractivity contribution >= 4 is 11.8 Å². The van der Waals surface area contributed by atoms with E-state index >= 15 is 0 Å². The van der Waals surface area contributed by atoms with E-state index in [1.807, 2.05) is 7.05 Å². The van der Waals surface area contributed by atoms with Crippen LogP contribution >= 0.6 is 0 Å². The first-order valence-corrected chi connectivity index (χ1v) is 7.79. The van der Waals surface area contributed by atoms with Gasteiger partial charge in [-0.2, -0.15) is 5.26 Å². The van der Waals surface area contributed by atoms with Gasteiger partial charge in [0.1, 0.15) is 12.1 Å². The molecule has 0 N–H and O–H groups in total. The zero-order valence-electron chi connectivity index (χ0n) is 13.2. The van der Waals surface area contributed by atoms with Crippen molar-refractivity contribution in [3.63, 3.8) is 0 Å². The average Bonchev–Trinajstić information content (AvgIpc) is 3.10. The second kappa shape index (κ2) is 6.05. The van der Waals surface area contributed by atoms with Gasteiger partial charge in [0.25, 0.3) is 5.91 Å². The highest BCUT2D eigenvalue weighted by molar-refractivity contribution is 5.92. The van der Waals surface area contributed by atoms with E-state index in [4.69, 9.17) is 9.68 Å². The molecule has 0 unspecified atom stereocenters. The number of nitrogens with zero attached hydrogens (tertiary/aromatic N) is 4. The number of carbonyl (C=O) groups is 2. The third-order valence-corrected chi connectivity index (χ3v) is 4.99. The van der Waals surface area contributed by atoms with Gasteiger partial charge in [-0.1, -0.05) is 0 Å². The lowest BCUT2D eigenvalue weighted by molar-refractivity contribution is -0.152. The Kier molecular flexibility index (Phi) is 4.09. The highest BCUT2D eigenvalue weighted by atomic mass is 16.3. The highest BCUT2D eigenvalue weighted by Gasteiger charge is 2.49. The lowest BCUT2D eigenvalue weighted by atomic mass is 9.82. The number of carbonyl (C=O) groups excluding carboxylic acids is 2. The van der Waals surface area contributed by atoms with Crippen molar-refractivity contribution in [2.45, 2.75) is 18.4 Å². The van der Waals surface area contributed by atoms with Crippen LogP contribution in [0.2, 0.25) is 0 Å². The first-order chi connectivity index (χ1) is 11.1. The first-order valence-electron chi connectivity index (χ1n) is 7.79.